The predicted octanol–water partition coefficient (Wildman–Crippen LogP) is 1.88. The highest BCUT2D eigenvalue weighted by molar-refractivity contribution is 6.04. The second-order valence-corrected chi connectivity index (χ2v) is 7.80. The van der Waals surface area contributed by atoms with E-state index < -0.39 is 6.04 Å². The Labute approximate surface area is 186 Å². The molecule has 0 aliphatic carbocycles. The molecular formula is C23H26N4O5. The highest BCUT2D eigenvalue weighted by Crippen LogP contribution is 2.37. The number of aromatic nitrogens is 1. The largest absolute Gasteiger partial charge is 0.493 e. The maximum Gasteiger partial charge on any atom is 0.327 e. The number of amides is 4. The number of carbonyl (C=O) groups excluding carboxylic acids is 3. The molecule has 2 aliphatic heterocycles. The topological polar surface area (TPSA) is 101 Å². The molecule has 1 saturated heterocycles. The van der Waals surface area contributed by atoms with Crippen LogP contribution in [0.15, 0.2) is 36.5 Å². The zero-order valence-corrected chi connectivity index (χ0v) is 18.2. The lowest BCUT2D eigenvalue weighted by atomic mass is 9.94. The molecule has 3 heterocycles. The van der Waals surface area contributed by atoms with E-state index in [1.54, 1.807) is 25.3 Å². The second-order valence-electron chi connectivity index (χ2n) is 7.80. The molecule has 9 heteroatoms. The molecule has 1 aromatic carbocycles. The van der Waals surface area contributed by atoms with Crippen molar-refractivity contribution in [2.45, 2.75) is 38.4 Å². The van der Waals surface area contributed by atoms with Crippen LogP contribution in [-0.4, -0.2) is 59.4 Å². The second kappa shape index (κ2) is 9.25. The van der Waals surface area contributed by atoms with Crippen LogP contribution in [0, 0.1) is 0 Å². The van der Waals surface area contributed by atoms with Crippen molar-refractivity contribution in [3.05, 3.63) is 53.3 Å². The van der Waals surface area contributed by atoms with Crippen LogP contribution in [0.2, 0.25) is 0 Å². The third-order valence-electron chi connectivity index (χ3n) is 5.84. The summed E-state index contributed by atoms with van der Waals surface area (Å²) in [6.45, 7) is 0.902. The van der Waals surface area contributed by atoms with E-state index in [2.05, 4.69) is 10.3 Å². The molecule has 1 aromatic heterocycles. The Morgan fingerprint density at radius 2 is 1.91 bits per heavy atom. The van der Waals surface area contributed by atoms with Crippen LogP contribution in [0.3, 0.4) is 0 Å². The molecule has 0 bridgehead atoms. The van der Waals surface area contributed by atoms with E-state index in [0.29, 0.717) is 37.4 Å². The number of rotatable bonds is 8. The van der Waals surface area contributed by atoms with Gasteiger partial charge in [0, 0.05) is 32.1 Å². The first-order chi connectivity index (χ1) is 15.5. The summed E-state index contributed by atoms with van der Waals surface area (Å²) in [5.41, 5.74) is 2.69. The van der Waals surface area contributed by atoms with Crippen molar-refractivity contribution in [1.82, 2.24) is 20.1 Å². The maximum atomic E-state index is 12.9. The van der Waals surface area contributed by atoms with Crippen LogP contribution in [0.1, 0.15) is 29.7 Å². The minimum Gasteiger partial charge on any atom is -0.493 e. The zero-order valence-electron chi connectivity index (χ0n) is 18.2. The smallest absolute Gasteiger partial charge is 0.327 e. The van der Waals surface area contributed by atoms with Gasteiger partial charge in [0.15, 0.2) is 11.5 Å². The summed E-state index contributed by atoms with van der Waals surface area (Å²) >= 11 is 0. The molecule has 0 spiro atoms. The van der Waals surface area contributed by atoms with Crippen molar-refractivity contribution in [2.24, 2.45) is 0 Å². The maximum absolute atomic E-state index is 12.9. The van der Waals surface area contributed by atoms with Crippen molar-refractivity contribution < 1.29 is 23.9 Å². The average molecular weight is 438 g/mol. The number of pyridine rings is 1. The molecule has 2 aliphatic rings. The highest BCUT2D eigenvalue weighted by Gasteiger charge is 2.47. The number of methoxy groups -OCH3 is 2. The van der Waals surface area contributed by atoms with Gasteiger partial charge in [0.25, 0.3) is 5.91 Å². The molecule has 4 amide bonds. The summed E-state index contributed by atoms with van der Waals surface area (Å²) in [4.78, 5) is 44.9. The summed E-state index contributed by atoms with van der Waals surface area (Å²) in [5, 5.41) is 2.81. The van der Waals surface area contributed by atoms with Gasteiger partial charge in [0.05, 0.1) is 26.5 Å². The van der Waals surface area contributed by atoms with Gasteiger partial charge in [0.1, 0.15) is 6.04 Å². The molecule has 168 valence electrons. The van der Waals surface area contributed by atoms with Crippen LogP contribution in [-0.2, 0) is 29.1 Å². The first kappa shape index (κ1) is 21.6. The van der Waals surface area contributed by atoms with Crippen LogP contribution in [0.5, 0.6) is 11.5 Å². The van der Waals surface area contributed by atoms with Crippen LogP contribution in [0.4, 0.5) is 4.79 Å². The van der Waals surface area contributed by atoms with Gasteiger partial charge in [-0.1, -0.05) is 6.07 Å². The van der Waals surface area contributed by atoms with Gasteiger partial charge in [0.2, 0.25) is 5.91 Å². The number of benzene rings is 1. The van der Waals surface area contributed by atoms with E-state index in [9.17, 15) is 14.4 Å². The molecule has 9 nitrogen and oxygen atoms in total. The first-order valence-corrected chi connectivity index (χ1v) is 10.5. The average Bonchev–Trinajstić information content (AvgIpc) is 3.05. The first-order valence-electron chi connectivity index (χ1n) is 10.5. The minimum atomic E-state index is -0.522. The van der Waals surface area contributed by atoms with E-state index in [-0.39, 0.29) is 30.8 Å². The molecule has 2 aromatic rings. The van der Waals surface area contributed by atoms with E-state index in [1.807, 2.05) is 30.3 Å². The molecule has 0 radical (unpaired) electrons. The van der Waals surface area contributed by atoms with Crippen molar-refractivity contribution in [2.75, 3.05) is 20.8 Å². The fraction of sp³-hybridized carbons (Fsp3) is 0.391. The Bertz CT molecular complexity index is 976. The quantitative estimate of drug-likeness (QED) is 0.632. The number of carbonyl (C=O) groups is 3. The number of fused-ring (bicyclic) bond motifs is 2. The molecule has 1 atom stereocenters. The number of urea groups is 1. The molecule has 0 unspecified atom stereocenters. The monoisotopic (exact) mass is 438 g/mol. The fourth-order valence-corrected chi connectivity index (χ4v) is 4.15. The third-order valence-corrected chi connectivity index (χ3v) is 5.84. The van der Waals surface area contributed by atoms with Gasteiger partial charge in [-0.2, -0.15) is 0 Å². The van der Waals surface area contributed by atoms with Gasteiger partial charge < -0.3 is 19.7 Å². The van der Waals surface area contributed by atoms with Crippen LogP contribution >= 0.6 is 0 Å². The molecular weight excluding hydrogens is 412 g/mol. The van der Waals surface area contributed by atoms with Crippen LogP contribution < -0.4 is 14.8 Å². The summed E-state index contributed by atoms with van der Waals surface area (Å²) < 4.78 is 10.7. The molecule has 4 rings (SSSR count). The van der Waals surface area contributed by atoms with Crippen molar-refractivity contribution in [3.8, 4) is 11.5 Å². The van der Waals surface area contributed by atoms with E-state index in [0.717, 1.165) is 16.8 Å². The lowest BCUT2D eigenvalue weighted by molar-refractivity contribution is -0.129. The summed E-state index contributed by atoms with van der Waals surface area (Å²) in [6, 6.07) is 8.41. The van der Waals surface area contributed by atoms with E-state index in [4.69, 9.17) is 9.47 Å². The van der Waals surface area contributed by atoms with Gasteiger partial charge in [-0.3, -0.25) is 19.5 Å². The number of nitrogens with zero attached hydrogens (tertiary/aromatic N) is 3. The van der Waals surface area contributed by atoms with Crippen molar-refractivity contribution in [3.63, 3.8) is 0 Å². The Morgan fingerprint density at radius 3 is 2.59 bits per heavy atom. The van der Waals surface area contributed by atoms with Crippen molar-refractivity contribution >= 4 is 17.8 Å². The van der Waals surface area contributed by atoms with Gasteiger partial charge in [-0.15, -0.1) is 0 Å². The molecule has 1 N–H and O–H groups in total. The van der Waals surface area contributed by atoms with E-state index in [1.165, 1.54) is 4.90 Å². The van der Waals surface area contributed by atoms with E-state index >= 15 is 0 Å². The van der Waals surface area contributed by atoms with Gasteiger partial charge in [-0.25, -0.2) is 4.79 Å². The van der Waals surface area contributed by atoms with Gasteiger partial charge in [-0.05, 0) is 41.8 Å². The van der Waals surface area contributed by atoms with Gasteiger partial charge >= 0.3 is 6.03 Å². The summed E-state index contributed by atoms with van der Waals surface area (Å²) in [7, 11) is 3.13. The number of hydrogen-bond donors (Lipinski definition) is 1. The van der Waals surface area contributed by atoms with Crippen molar-refractivity contribution in [1.29, 1.82) is 0 Å². The number of hydrogen-bond acceptors (Lipinski definition) is 6. The normalized spacial score (nSPS) is 17.1. The summed E-state index contributed by atoms with van der Waals surface area (Å²) in [5.74, 6) is 0.838. The Balaban J connectivity index is 1.34. The minimum absolute atomic E-state index is 0.140. The number of imide groups is 1. The molecule has 0 saturated carbocycles. The third kappa shape index (κ3) is 4.23. The lowest BCUT2D eigenvalue weighted by Gasteiger charge is -2.29. The molecule has 1 fully saturated rings. The highest BCUT2D eigenvalue weighted by atomic mass is 16.5. The van der Waals surface area contributed by atoms with Crippen LogP contribution in [0.25, 0.3) is 0 Å². The number of ether oxygens (including phenoxy) is 2. The Kier molecular flexibility index (Phi) is 6.25. The lowest BCUT2D eigenvalue weighted by Crippen LogP contribution is -2.40. The SMILES string of the molecule is COc1cc2c(cc1OC)CN1C(=O)N(CCCC(=O)NCc3ccccn3)C(=O)[C@@H]1C2. The standard InChI is InChI=1S/C23H26N4O5/c1-31-19-11-15-10-18-22(29)26(23(30)27(18)14-16(15)12-20(19)32-2)9-5-7-21(28)25-13-17-6-3-4-8-24-17/h3-4,6,8,11-12,18H,5,7,9-10,13-14H2,1-2H3,(H,25,28)/t18-/m0/s1. The Hall–Kier alpha value is -3.62. The predicted molar refractivity (Wildman–Crippen MR) is 115 cm³/mol. The molecule has 32 heavy (non-hydrogen) atoms. The summed E-state index contributed by atoms with van der Waals surface area (Å²) in [6.07, 6.45) is 2.73. The Morgan fingerprint density at radius 1 is 1.16 bits per heavy atom. The fourth-order valence-electron chi connectivity index (χ4n) is 4.15. The number of nitrogens with one attached hydrogen (secondary N) is 1. The zero-order chi connectivity index (χ0) is 22.7.